The van der Waals surface area contributed by atoms with Crippen LogP contribution in [0.5, 0.6) is 0 Å². The molecule has 2 nitrogen and oxygen atoms in total. The Morgan fingerprint density at radius 3 is 3.00 bits per heavy atom. The van der Waals surface area contributed by atoms with Crippen molar-refractivity contribution in [2.24, 2.45) is 0 Å². The van der Waals surface area contributed by atoms with Crippen molar-refractivity contribution in [1.82, 2.24) is 9.32 Å². The van der Waals surface area contributed by atoms with Crippen molar-refractivity contribution in [2.45, 2.75) is 0 Å². The van der Waals surface area contributed by atoms with Gasteiger partial charge < -0.3 is 4.34 Å². The Labute approximate surface area is 90.7 Å². The summed E-state index contributed by atoms with van der Waals surface area (Å²) in [5.41, 5.74) is 0.900. The molecule has 0 N–H and O–H groups in total. The van der Waals surface area contributed by atoms with Crippen molar-refractivity contribution in [3.05, 3.63) is 27.1 Å². The quantitative estimate of drug-likeness (QED) is 0.540. The molecule has 2 rings (SSSR count). The topological polar surface area (TPSA) is 17.8 Å². The van der Waals surface area contributed by atoms with Gasteiger partial charge in [-0.1, -0.05) is 11.6 Å². The van der Waals surface area contributed by atoms with Gasteiger partial charge in [-0.2, -0.15) is 0 Å². The van der Waals surface area contributed by atoms with Gasteiger partial charge in [-0.3, -0.25) is 0 Å². The molecule has 0 aliphatic rings. The third-order valence-electron chi connectivity index (χ3n) is 1.62. The lowest BCUT2D eigenvalue weighted by atomic mass is 10.3. The van der Waals surface area contributed by atoms with Crippen molar-refractivity contribution in [3.8, 4) is 0 Å². The standard InChI is InChI=1S/C7H5ClIN2P/c8-4-1-2-10-7-6(4)5(9)3-11(7)12/h1-3H,12H2. The SMILES string of the molecule is Pn1cc(I)c2c(Cl)ccnc21. The lowest BCUT2D eigenvalue weighted by Crippen LogP contribution is -1.79. The first-order chi connectivity index (χ1) is 5.70. The van der Waals surface area contributed by atoms with E-state index in [-0.39, 0.29) is 0 Å². The molecular formula is C7H5ClIN2P. The second kappa shape index (κ2) is 3.13. The van der Waals surface area contributed by atoms with E-state index >= 15 is 0 Å². The highest BCUT2D eigenvalue weighted by Gasteiger charge is 2.07. The minimum Gasteiger partial charge on any atom is -0.316 e. The van der Waals surface area contributed by atoms with Crippen LogP contribution in [0.25, 0.3) is 11.0 Å². The fourth-order valence-electron chi connectivity index (χ4n) is 1.09. The number of fused-ring (bicyclic) bond motifs is 1. The molecule has 0 radical (unpaired) electrons. The molecule has 2 heterocycles. The largest absolute Gasteiger partial charge is 0.316 e. The zero-order valence-corrected chi connectivity index (χ0v) is 10.0. The molecule has 62 valence electrons. The molecule has 0 saturated heterocycles. The molecule has 1 unspecified atom stereocenters. The number of rotatable bonds is 0. The summed E-state index contributed by atoms with van der Waals surface area (Å²) in [5, 5.41) is 1.78. The monoisotopic (exact) mass is 310 g/mol. The van der Waals surface area contributed by atoms with E-state index in [4.69, 9.17) is 11.6 Å². The van der Waals surface area contributed by atoms with Crippen LogP contribution in [0.1, 0.15) is 0 Å². The maximum atomic E-state index is 6.01. The van der Waals surface area contributed by atoms with E-state index < -0.39 is 0 Å². The van der Waals surface area contributed by atoms with Crippen LogP contribution in [0.2, 0.25) is 5.02 Å². The normalized spacial score (nSPS) is 10.9. The number of halogens is 2. The van der Waals surface area contributed by atoms with Gasteiger partial charge in [0, 0.05) is 16.0 Å². The van der Waals surface area contributed by atoms with E-state index in [1.54, 1.807) is 12.3 Å². The van der Waals surface area contributed by atoms with Crippen LogP contribution in [0.4, 0.5) is 0 Å². The molecule has 5 heteroatoms. The number of nitrogens with zero attached hydrogens (tertiary/aromatic N) is 2. The van der Waals surface area contributed by atoms with Crippen molar-refractivity contribution in [2.75, 3.05) is 0 Å². The molecule has 0 saturated carbocycles. The lowest BCUT2D eigenvalue weighted by Gasteiger charge is -1.94. The maximum Gasteiger partial charge on any atom is 0.145 e. The molecule has 0 amide bonds. The van der Waals surface area contributed by atoms with Gasteiger partial charge in [0.05, 0.1) is 10.4 Å². The van der Waals surface area contributed by atoms with Gasteiger partial charge in [-0.15, -0.1) is 0 Å². The van der Waals surface area contributed by atoms with Crippen LogP contribution in [0, 0.1) is 3.57 Å². The Morgan fingerprint density at radius 2 is 2.33 bits per heavy atom. The fourth-order valence-corrected chi connectivity index (χ4v) is 2.97. The molecule has 0 aromatic carbocycles. The second-order valence-electron chi connectivity index (χ2n) is 2.38. The summed E-state index contributed by atoms with van der Waals surface area (Å²) >= 11 is 8.25. The van der Waals surface area contributed by atoms with Gasteiger partial charge >= 0.3 is 0 Å². The third-order valence-corrected chi connectivity index (χ3v) is 3.14. The van der Waals surface area contributed by atoms with E-state index in [2.05, 4.69) is 37.0 Å². The number of hydrogen-bond acceptors (Lipinski definition) is 1. The van der Waals surface area contributed by atoms with Crippen LogP contribution in [0.3, 0.4) is 0 Å². The van der Waals surface area contributed by atoms with Crippen molar-refractivity contribution in [3.63, 3.8) is 0 Å². The van der Waals surface area contributed by atoms with Crippen LogP contribution in [-0.4, -0.2) is 9.32 Å². The maximum absolute atomic E-state index is 6.01. The van der Waals surface area contributed by atoms with Crippen LogP contribution in [0.15, 0.2) is 18.5 Å². The van der Waals surface area contributed by atoms with Crippen molar-refractivity contribution < 1.29 is 0 Å². The van der Waals surface area contributed by atoms with Gasteiger partial charge in [0.1, 0.15) is 5.65 Å². The van der Waals surface area contributed by atoms with E-state index in [1.165, 1.54) is 0 Å². The van der Waals surface area contributed by atoms with Gasteiger partial charge in [-0.05, 0) is 38.0 Å². The predicted molar refractivity (Wildman–Crippen MR) is 62.6 cm³/mol. The Hall–Kier alpha value is 0.140. The number of pyridine rings is 1. The predicted octanol–water partition coefficient (Wildman–Crippen LogP) is 2.93. The summed E-state index contributed by atoms with van der Waals surface area (Å²) < 4.78 is 3.01. The van der Waals surface area contributed by atoms with Crippen LogP contribution in [-0.2, 0) is 0 Å². The third kappa shape index (κ3) is 1.24. The van der Waals surface area contributed by atoms with Gasteiger partial charge in [-0.25, -0.2) is 4.98 Å². The molecule has 0 spiro atoms. The number of hydrogen-bond donors (Lipinski definition) is 0. The highest BCUT2D eigenvalue weighted by molar-refractivity contribution is 14.1. The van der Waals surface area contributed by atoms with E-state index in [1.807, 2.05) is 10.5 Å². The summed E-state index contributed by atoms with van der Waals surface area (Å²) in [5.74, 6) is 0. The molecule has 2 aromatic heterocycles. The zero-order valence-electron chi connectivity index (χ0n) is 5.96. The average Bonchev–Trinajstić information content (AvgIpc) is 2.29. The first-order valence-electron chi connectivity index (χ1n) is 3.26. The molecule has 0 fully saturated rings. The van der Waals surface area contributed by atoms with Crippen molar-refractivity contribution in [1.29, 1.82) is 0 Å². The smallest absolute Gasteiger partial charge is 0.145 e. The highest BCUT2D eigenvalue weighted by atomic mass is 127. The summed E-state index contributed by atoms with van der Waals surface area (Å²) in [7, 11) is 2.58. The fraction of sp³-hybridized carbons (Fsp3) is 0. The Balaban J connectivity index is 2.99. The summed E-state index contributed by atoms with van der Waals surface area (Å²) in [6, 6.07) is 1.80. The van der Waals surface area contributed by atoms with E-state index in [0.29, 0.717) is 0 Å². The van der Waals surface area contributed by atoms with Crippen molar-refractivity contribution >= 4 is 54.6 Å². The minimum atomic E-state index is 0.755. The molecule has 0 aliphatic carbocycles. The highest BCUT2D eigenvalue weighted by Crippen LogP contribution is 2.28. The molecule has 2 aromatic rings. The summed E-state index contributed by atoms with van der Waals surface area (Å²) in [6.07, 6.45) is 3.69. The average molecular weight is 310 g/mol. The Bertz CT molecular complexity index is 440. The van der Waals surface area contributed by atoms with Crippen LogP contribution < -0.4 is 0 Å². The Kier molecular flexibility index (Phi) is 2.27. The Morgan fingerprint density at radius 1 is 1.58 bits per heavy atom. The summed E-state index contributed by atoms with van der Waals surface area (Å²) in [6.45, 7) is 0. The van der Waals surface area contributed by atoms with Gasteiger partial charge in [0.25, 0.3) is 0 Å². The first kappa shape index (κ1) is 8.73. The first-order valence-corrected chi connectivity index (χ1v) is 5.23. The molecule has 1 atom stereocenters. The molecular weight excluding hydrogens is 305 g/mol. The van der Waals surface area contributed by atoms with Gasteiger partial charge in [0.2, 0.25) is 0 Å². The van der Waals surface area contributed by atoms with E-state index in [9.17, 15) is 0 Å². The molecule has 0 bridgehead atoms. The molecule has 0 aliphatic heterocycles. The van der Waals surface area contributed by atoms with E-state index in [0.717, 1.165) is 19.6 Å². The zero-order chi connectivity index (χ0) is 8.72. The lowest BCUT2D eigenvalue weighted by molar-refractivity contribution is 1.26. The second-order valence-corrected chi connectivity index (χ2v) is 4.50. The van der Waals surface area contributed by atoms with Crippen LogP contribution >= 0.6 is 43.6 Å². The number of aromatic nitrogens is 2. The summed E-state index contributed by atoms with van der Waals surface area (Å²) in [4.78, 5) is 4.22. The minimum absolute atomic E-state index is 0.755. The molecule has 12 heavy (non-hydrogen) atoms. The van der Waals surface area contributed by atoms with Gasteiger partial charge in [0.15, 0.2) is 0 Å².